The summed E-state index contributed by atoms with van der Waals surface area (Å²) in [4.78, 5) is 11.6. The molecule has 0 amide bonds. The van der Waals surface area contributed by atoms with Gasteiger partial charge in [0.05, 0.1) is 20.3 Å². The van der Waals surface area contributed by atoms with Crippen LogP contribution in [-0.2, 0) is 16.1 Å². The third kappa shape index (κ3) is 4.22. The number of carbonyl (C=O) groups excluding carboxylic acids is 1. The predicted octanol–water partition coefficient (Wildman–Crippen LogP) is 2.33. The minimum Gasteiger partial charge on any atom is -0.494 e. The Kier molecular flexibility index (Phi) is 6.25. The van der Waals surface area contributed by atoms with E-state index in [2.05, 4.69) is 0 Å². The van der Waals surface area contributed by atoms with Crippen LogP contribution in [0.25, 0.3) is 11.1 Å². The highest BCUT2D eigenvalue weighted by Crippen LogP contribution is 2.29. The molecule has 2 aromatic rings. The number of benzene rings is 2. The van der Waals surface area contributed by atoms with Gasteiger partial charge in [-0.15, -0.1) is 0 Å². The summed E-state index contributed by atoms with van der Waals surface area (Å²) in [5.41, 5.74) is 0.392. The molecule has 0 radical (unpaired) electrons. The number of carbonyl (C=O) groups is 1. The van der Waals surface area contributed by atoms with Crippen molar-refractivity contribution in [1.29, 1.82) is 0 Å². The van der Waals surface area contributed by atoms with Crippen molar-refractivity contribution in [2.45, 2.75) is 19.1 Å². The van der Waals surface area contributed by atoms with Crippen molar-refractivity contribution in [2.75, 3.05) is 20.3 Å². The van der Waals surface area contributed by atoms with E-state index in [4.69, 9.17) is 14.6 Å². The van der Waals surface area contributed by atoms with E-state index in [-0.39, 0.29) is 12.4 Å². The first kappa shape index (κ1) is 19.1. The lowest BCUT2D eigenvalue weighted by Crippen LogP contribution is -2.43. The zero-order valence-electron chi connectivity index (χ0n) is 14.2. The molecule has 0 saturated heterocycles. The van der Waals surface area contributed by atoms with E-state index in [0.717, 1.165) is 5.56 Å². The molecule has 0 bridgehead atoms. The zero-order valence-corrected chi connectivity index (χ0v) is 14.2. The lowest BCUT2D eigenvalue weighted by atomic mass is 10.0. The van der Waals surface area contributed by atoms with Gasteiger partial charge in [0.15, 0.2) is 17.3 Å². The summed E-state index contributed by atoms with van der Waals surface area (Å²) >= 11 is 0. The van der Waals surface area contributed by atoms with E-state index in [9.17, 15) is 14.3 Å². The SMILES string of the molecule is COc1cccc(-c2ccc(COC(C)(CO)C(=O)CO)cc2)c1F. The topological polar surface area (TPSA) is 76.0 Å². The number of hydrogen-bond donors (Lipinski definition) is 2. The van der Waals surface area contributed by atoms with Crippen molar-refractivity contribution in [1.82, 2.24) is 0 Å². The second kappa shape index (κ2) is 8.20. The van der Waals surface area contributed by atoms with Gasteiger partial charge in [0.2, 0.25) is 0 Å². The Hall–Kier alpha value is -2.28. The van der Waals surface area contributed by atoms with Crippen LogP contribution in [0.2, 0.25) is 0 Å². The molecule has 0 aliphatic rings. The Morgan fingerprint density at radius 2 is 1.84 bits per heavy atom. The maximum absolute atomic E-state index is 14.3. The van der Waals surface area contributed by atoms with Crippen molar-refractivity contribution in [2.24, 2.45) is 0 Å². The van der Waals surface area contributed by atoms with Crippen molar-refractivity contribution in [3.8, 4) is 16.9 Å². The molecule has 0 saturated carbocycles. The minimum atomic E-state index is -1.45. The molecule has 0 aliphatic carbocycles. The lowest BCUT2D eigenvalue weighted by Gasteiger charge is -2.25. The van der Waals surface area contributed by atoms with Crippen LogP contribution in [-0.4, -0.2) is 41.9 Å². The van der Waals surface area contributed by atoms with Crippen LogP contribution in [0, 0.1) is 5.82 Å². The van der Waals surface area contributed by atoms with Gasteiger partial charge in [0, 0.05) is 5.56 Å². The van der Waals surface area contributed by atoms with Crippen molar-refractivity contribution in [3.63, 3.8) is 0 Å². The second-order valence-electron chi connectivity index (χ2n) is 5.78. The van der Waals surface area contributed by atoms with E-state index in [1.165, 1.54) is 14.0 Å². The summed E-state index contributed by atoms with van der Waals surface area (Å²) in [6.07, 6.45) is 0. The number of hydrogen-bond acceptors (Lipinski definition) is 5. The van der Waals surface area contributed by atoms with Crippen molar-refractivity contribution in [3.05, 3.63) is 53.8 Å². The minimum absolute atomic E-state index is 0.0731. The Labute approximate surface area is 145 Å². The molecule has 1 unspecified atom stereocenters. The van der Waals surface area contributed by atoms with Gasteiger partial charge in [0.25, 0.3) is 0 Å². The Morgan fingerprint density at radius 3 is 2.40 bits per heavy atom. The van der Waals surface area contributed by atoms with E-state index in [1.807, 2.05) is 0 Å². The highest BCUT2D eigenvalue weighted by Gasteiger charge is 2.32. The summed E-state index contributed by atoms with van der Waals surface area (Å²) in [6.45, 7) is 0.264. The Balaban J connectivity index is 2.14. The van der Waals surface area contributed by atoms with Gasteiger partial charge >= 0.3 is 0 Å². The number of aliphatic hydroxyl groups excluding tert-OH is 2. The molecule has 6 heteroatoms. The maximum atomic E-state index is 14.3. The van der Waals surface area contributed by atoms with Gasteiger partial charge in [-0.3, -0.25) is 4.79 Å². The van der Waals surface area contributed by atoms with Crippen LogP contribution in [0.3, 0.4) is 0 Å². The number of rotatable bonds is 8. The molecule has 0 aliphatic heterocycles. The molecule has 1 atom stereocenters. The molecule has 0 fully saturated rings. The fourth-order valence-corrected chi connectivity index (χ4v) is 2.30. The highest BCUT2D eigenvalue weighted by molar-refractivity contribution is 5.88. The van der Waals surface area contributed by atoms with Crippen molar-refractivity contribution < 1.29 is 28.9 Å². The van der Waals surface area contributed by atoms with Crippen molar-refractivity contribution >= 4 is 5.78 Å². The van der Waals surface area contributed by atoms with Crippen LogP contribution in [0.5, 0.6) is 5.75 Å². The monoisotopic (exact) mass is 348 g/mol. The standard InChI is InChI=1S/C19H21FO5/c1-19(12-22,17(23)10-21)25-11-13-6-8-14(9-7-13)15-4-3-5-16(24-2)18(15)20/h3-9,21-22H,10-12H2,1-2H3. The van der Waals surface area contributed by atoms with E-state index < -0.39 is 30.4 Å². The summed E-state index contributed by atoms with van der Waals surface area (Å²) in [5, 5.41) is 18.3. The molecule has 5 nitrogen and oxygen atoms in total. The summed E-state index contributed by atoms with van der Waals surface area (Å²) < 4.78 is 24.7. The number of ketones is 1. The first-order valence-electron chi connectivity index (χ1n) is 7.76. The number of methoxy groups -OCH3 is 1. The molecule has 134 valence electrons. The molecule has 2 N–H and O–H groups in total. The van der Waals surface area contributed by atoms with Gasteiger partial charge in [-0.05, 0) is 24.1 Å². The quantitative estimate of drug-likeness (QED) is 0.766. The average Bonchev–Trinajstić information content (AvgIpc) is 2.66. The predicted molar refractivity (Wildman–Crippen MR) is 90.8 cm³/mol. The number of ether oxygens (including phenoxy) is 2. The summed E-state index contributed by atoms with van der Waals surface area (Å²) in [5.74, 6) is -0.855. The van der Waals surface area contributed by atoms with Crippen LogP contribution in [0.15, 0.2) is 42.5 Å². The number of Topliss-reactive ketones (excluding diaryl/α,β-unsaturated/α-hetero) is 1. The van der Waals surface area contributed by atoms with Crippen LogP contribution < -0.4 is 4.74 Å². The fourth-order valence-electron chi connectivity index (χ4n) is 2.30. The van der Waals surface area contributed by atoms with Crippen LogP contribution in [0.4, 0.5) is 4.39 Å². The van der Waals surface area contributed by atoms with E-state index >= 15 is 0 Å². The molecular weight excluding hydrogens is 327 g/mol. The number of aliphatic hydroxyl groups is 2. The molecule has 25 heavy (non-hydrogen) atoms. The normalized spacial score (nSPS) is 13.3. The Bertz CT molecular complexity index is 729. The Morgan fingerprint density at radius 1 is 1.16 bits per heavy atom. The lowest BCUT2D eigenvalue weighted by molar-refractivity contribution is -0.152. The third-order valence-electron chi connectivity index (χ3n) is 4.04. The molecule has 0 spiro atoms. The van der Waals surface area contributed by atoms with E-state index in [1.54, 1.807) is 42.5 Å². The fraction of sp³-hybridized carbons (Fsp3) is 0.316. The molecule has 0 heterocycles. The molecule has 2 rings (SSSR count). The molecule has 0 aromatic heterocycles. The van der Waals surface area contributed by atoms with E-state index in [0.29, 0.717) is 11.1 Å². The first-order valence-corrected chi connectivity index (χ1v) is 7.76. The summed E-state index contributed by atoms with van der Waals surface area (Å²) in [6, 6.07) is 11.9. The molecular formula is C19H21FO5. The zero-order chi connectivity index (χ0) is 18.4. The average molecular weight is 348 g/mol. The smallest absolute Gasteiger partial charge is 0.191 e. The summed E-state index contributed by atoms with van der Waals surface area (Å²) in [7, 11) is 1.41. The second-order valence-corrected chi connectivity index (χ2v) is 5.78. The van der Waals surface area contributed by atoms with Gasteiger partial charge in [0.1, 0.15) is 12.2 Å². The largest absolute Gasteiger partial charge is 0.494 e. The highest BCUT2D eigenvalue weighted by atomic mass is 19.1. The molecule has 2 aromatic carbocycles. The van der Waals surface area contributed by atoms with Gasteiger partial charge in [-0.2, -0.15) is 0 Å². The third-order valence-corrected chi connectivity index (χ3v) is 4.04. The van der Waals surface area contributed by atoms with Crippen LogP contribution >= 0.6 is 0 Å². The van der Waals surface area contributed by atoms with Gasteiger partial charge in [-0.1, -0.05) is 36.4 Å². The first-order chi connectivity index (χ1) is 11.9. The number of halogens is 1. The van der Waals surface area contributed by atoms with Gasteiger partial charge < -0.3 is 19.7 Å². The van der Waals surface area contributed by atoms with Crippen LogP contribution in [0.1, 0.15) is 12.5 Å². The van der Waals surface area contributed by atoms with Gasteiger partial charge in [-0.25, -0.2) is 4.39 Å². The maximum Gasteiger partial charge on any atom is 0.191 e.